The fourth-order valence-electron chi connectivity index (χ4n) is 5.41. The second-order valence-corrected chi connectivity index (χ2v) is 6.67. The molecule has 0 saturated heterocycles. The average Bonchev–Trinajstić information content (AvgIpc) is 3.06. The molecule has 2 bridgehead atoms. The minimum Gasteiger partial charge on any atom is -0.380 e. The Morgan fingerprint density at radius 1 is 1.33 bits per heavy atom. The van der Waals surface area contributed by atoms with E-state index in [1.165, 1.54) is 37.5 Å². The van der Waals surface area contributed by atoms with Gasteiger partial charge in [-0.05, 0) is 31.6 Å². The maximum atomic E-state index is 12.0. The second-order valence-electron chi connectivity index (χ2n) is 6.67. The Morgan fingerprint density at radius 3 is 2.56 bits per heavy atom. The van der Waals surface area contributed by atoms with Gasteiger partial charge >= 0.3 is 0 Å². The first-order valence-corrected chi connectivity index (χ1v) is 7.30. The highest BCUT2D eigenvalue weighted by Gasteiger charge is 2.69. The van der Waals surface area contributed by atoms with E-state index >= 15 is 0 Å². The number of rotatable bonds is 3. The zero-order chi connectivity index (χ0) is 13.0. The summed E-state index contributed by atoms with van der Waals surface area (Å²) in [5.41, 5.74) is 0.993. The van der Waals surface area contributed by atoms with Crippen molar-refractivity contribution in [1.29, 1.82) is 0 Å². The Morgan fingerprint density at radius 2 is 2.00 bits per heavy atom. The van der Waals surface area contributed by atoms with Crippen LogP contribution >= 0.6 is 0 Å². The van der Waals surface area contributed by atoms with Crippen LogP contribution in [0.15, 0.2) is 12.2 Å². The molecule has 0 aromatic carbocycles. The molecule has 2 heteroatoms. The predicted octanol–water partition coefficient (Wildman–Crippen LogP) is 3.36. The third-order valence-electron chi connectivity index (χ3n) is 6.46. The van der Waals surface area contributed by atoms with Gasteiger partial charge < -0.3 is 9.53 Å². The number of ether oxygens (including phenoxy) is 1. The van der Waals surface area contributed by atoms with E-state index in [0.29, 0.717) is 11.8 Å². The molecule has 18 heavy (non-hydrogen) atoms. The topological polar surface area (TPSA) is 26.3 Å². The van der Waals surface area contributed by atoms with Gasteiger partial charge in [-0.1, -0.05) is 31.9 Å². The SMILES string of the molecule is C=C1[C@H]2CC[C@](C=O)([C@H]2OC)[C@]1(C)C1CCCC1. The van der Waals surface area contributed by atoms with Gasteiger partial charge in [0.05, 0.1) is 11.5 Å². The van der Waals surface area contributed by atoms with Crippen molar-refractivity contribution in [3.8, 4) is 0 Å². The van der Waals surface area contributed by atoms with Crippen molar-refractivity contribution in [1.82, 2.24) is 0 Å². The summed E-state index contributed by atoms with van der Waals surface area (Å²) in [7, 11) is 1.76. The minimum absolute atomic E-state index is 0.0190. The molecular weight excluding hydrogens is 224 g/mol. The van der Waals surface area contributed by atoms with Crippen LogP contribution in [0.5, 0.6) is 0 Å². The number of methoxy groups -OCH3 is 1. The number of aldehydes is 1. The number of hydrogen-bond donors (Lipinski definition) is 0. The molecule has 2 nitrogen and oxygen atoms in total. The van der Waals surface area contributed by atoms with Gasteiger partial charge in [0.2, 0.25) is 0 Å². The Bertz CT molecular complexity index is 383. The second kappa shape index (κ2) is 3.93. The van der Waals surface area contributed by atoms with Gasteiger partial charge in [0.15, 0.2) is 0 Å². The van der Waals surface area contributed by atoms with Gasteiger partial charge in [-0.3, -0.25) is 0 Å². The maximum Gasteiger partial charge on any atom is 0.129 e. The van der Waals surface area contributed by atoms with Crippen molar-refractivity contribution < 1.29 is 9.53 Å². The normalized spacial score (nSPS) is 48.0. The summed E-state index contributed by atoms with van der Waals surface area (Å²) in [5, 5.41) is 0. The molecular formula is C16H24O2. The first-order chi connectivity index (χ1) is 8.61. The standard InChI is InChI=1S/C16H24O2/c1-11-13-8-9-16(10-17,14(13)18-3)15(11,2)12-6-4-5-7-12/h10,12-14H,1,4-9H2,2-3H3/t13-,14+,15+,16+/m1/s1. The van der Waals surface area contributed by atoms with Gasteiger partial charge in [0, 0.05) is 18.4 Å². The first-order valence-electron chi connectivity index (χ1n) is 7.30. The number of fused-ring (bicyclic) bond motifs is 2. The quantitative estimate of drug-likeness (QED) is 0.565. The van der Waals surface area contributed by atoms with E-state index in [4.69, 9.17) is 4.74 Å². The first kappa shape index (κ1) is 12.4. The lowest BCUT2D eigenvalue weighted by atomic mass is 9.56. The molecule has 4 atom stereocenters. The molecule has 0 radical (unpaired) electrons. The van der Waals surface area contributed by atoms with Crippen LogP contribution in [0.1, 0.15) is 45.4 Å². The van der Waals surface area contributed by atoms with Crippen LogP contribution in [0.2, 0.25) is 0 Å². The van der Waals surface area contributed by atoms with E-state index in [9.17, 15) is 4.79 Å². The summed E-state index contributed by atoms with van der Waals surface area (Å²) in [5.74, 6) is 1.05. The molecule has 3 aliphatic carbocycles. The van der Waals surface area contributed by atoms with Gasteiger partial charge in [0.25, 0.3) is 0 Å². The highest BCUT2D eigenvalue weighted by Crippen LogP contribution is 2.70. The summed E-state index contributed by atoms with van der Waals surface area (Å²) in [6.45, 7) is 6.68. The van der Waals surface area contributed by atoms with Crippen molar-refractivity contribution >= 4 is 6.29 Å². The largest absolute Gasteiger partial charge is 0.380 e. The fraction of sp³-hybridized carbons (Fsp3) is 0.812. The zero-order valence-corrected chi connectivity index (χ0v) is 11.6. The van der Waals surface area contributed by atoms with E-state index in [1.807, 2.05) is 0 Å². The van der Waals surface area contributed by atoms with Gasteiger partial charge in [-0.25, -0.2) is 0 Å². The van der Waals surface area contributed by atoms with Crippen LogP contribution in [0.4, 0.5) is 0 Å². The molecule has 0 aromatic heterocycles. The molecule has 0 spiro atoms. The Labute approximate surface area is 110 Å². The lowest BCUT2D eigenvalue weighted by Gasteiger charge is -2.47. The summed E-state index contributed by atoms with van der Waals surface area (Å²) in [6.07, 6.45) is 8.51. The van der Waals surface area contributed by atoms with Gasteiger partial charge in [-0.15, -0.1) is 0 Å². The van der Waals surface area contributed by atoms with E-state index in [2.05, 4.69) is 13.5 Å². The molecule has 0 amide bonds. The van der Waals surface area contributed by atoms with Crippen molar-refractivity contribution in [3.63, 3.8) is 0 Å². The molecule has 3 saturated carbocycles. The molecule has 3 aliphatic rings. The summed E-state index contributed by atoms with van der Waals surface area (Å²) in [6, 6.07) is 0. The molecule has 0 unspecified atom stereocenters. The van der Waals surface area contributed by atoms with Gasteiger partial charge in [0.1, 0.15) is 6.29 Å². The highest BCUT2D eigenvalue weighted by atomic mass is 16.5. The van der Waals surface area contributed by atoms with E-state index in [1.54, 1.807) is 7.11 Å². The van der Waals surface area contributed by atoms with Crippen molar-refractivity contribution in [2.45, 2.75) is 51.6 Å². The minimum atomic E-state index is -0.293. The smallest absolute Gasteiger partial charge is 0.129 e. The van der Waals surface area contributed by atoms with Crippen molar-refractivity contribution in [3.05, 3.63) is 12.2 Å². The monoisotopic (exact) mass is 248 g/mol. The molecule has 3 fully saturated rings. The molecule has 0 aliphatic heterocycles. The molecule has 3 rings (SSSR count). The lowest BCUT2D eigenvalue weighted by Crippen LogP contribution is -2.47. The Balaban J connectivity index is 2.08. The van der Waals surface area contributed by atoms with Crippen molar-refractivity contribution in [2.24, 2.45) is 22.7 Å². The maximum absolute atomic E-state index is 12.0. The number of carbonyl (C=O) groups is 1. The van der Waals surface area contributed by atoms with E-state index in [-0.39, 0.29) is 16.9 Å². The van der Waals surface area contributed by atoms with Crippen LogP contribution in [0.25, 0.3) is 0 Å². The van der Waals surface area contributed by atoms with Crippen LogP contribution in [-0.4, -0.2) is 19.5 Å². The third kappa shape index (κ3) is 1.16. The van der Waals surface area contributed by atoms with Gasteiger partial charge in [-0.2, -0.15) is 0 Å². The fourth-order valence-corrected chi connectivity index (χ4v) is 5.41. The Hall–Kier alpha value is -0.630. The number of carbonyl (C=O) groups excluding carboxylic acids is 1. The number of hydrogen-bond acceptors (Lipinski definition) is 2. The predicted molar refractivity (Wildman–Crippen MR) is 71.2 cm³/mol. The van der Waals surface area contributed by atoms with Crippen LogP contribution < -0.4 is 0 Å². The zero-order valence-electron chi connectivity index (χ0n) is 11.6. The average molecular weight is 248 g/mol. The lowest BCUT2D eigenvalue weighted by molar-refractivity contribution is -0.131. The van der Waals surface area contributed by atoms with Crippen LogP contribution in [0.3, 0.4) is 0 Å². The third-order valence-corrected chi connectivity index (χ3v) is 6.46. The molecule has 0 aromatic rings. The van der Waals surface area contributed by atoms with Crippen molar-refractivity contribution in [2.75, 3.05) is 7.11 Å². The molecule has 0 heterocycles. The summed E-state index contributed by atoms with van der Waals surface area (Å²) < 4.78 is 5.73. The Kier molecular flexibility index (Phi) is 2.71. The summed E-state index contributed by atoms with van der Waals surface area (Å²) >= 11 is 0. The highest BCUT2D eigenvalue weighted by molar-refractivity contribution is 5.68. The molecule has 100 valence electrons. The van der Waals surface area contributed by atoms with Crippen LogP contribution in [-0.2, 0) is 9.53 Å². The van der Waals surface area contributed by atoms with E-state index in [0.717, 1.165) is 12.8 Å². The summed E-state index contributed by atoms with van der Waals surface area (Å²) in [4.78, 5) is 12.0. The van der Waals surface area contributed by atoms with E-state index < -0.39 is 0 Å². The molecule has 0 N–H and O–H groups in total. The van der Waals surface area contributed by atoms with Crippen LogP contribution in [0, 0.1) is 22.7 Å².